The highest BCUT2D eigenvalue weighted by molar-refractivity contribution is 7.16. The number of amides is 3. The number of rotatable bonds is 21. The molecule has 1 aromatic carbocycles. The van der Waals surface area contributed by atoms with Gasteiger partial charge in [0.25, 0.3) is 5.88 Å². The molecule has 7 heterocycles. The first-order valence-corrected chi connectivity index (χ1v) is 30.4. The Morgan fingerprint density at radius 3 is 2.52 bits per heavy atom. The lowest BCUT2D eigenvalue weighted by Gasteiger charge is -2.36. The highest BCUT2D eigenvalue weighted by Crippen LogP contribution is 2.50. The van der Waals surface area contributed by atoms with Crippen LogP contribution >= 0.6 is 22.7 Å². The number of halogens is 1. The number of unbranched alkanes of at least 4 members (excludes halogenated alkanes) is 1. The molecule has 10 rings (SSSR count). The van der Waals surface area contributed by atoms with Gasteiger partial charge in [0, 0.05) is 78.9 Å². The van der Waals surface area contributed by atoms with Crippen molar-refractivity contribution in [1.82, 2.24) is 60.1 Å². The minimum Gasteiger partial charge on any atom is -0.505 e. The van der Waals surface area contributed by atoms with Gasteiger partial charge in [-0.2, -0.15) is 15.2 Å². The largest absolute Gasteiger partial charge is 0.505 e. The quantitative estimate of drug-likeness (QED) is 0.0497. The summed E-state index contributed by atoms with van der Waals surface area (Å²) in [6, 6.07) is 4.70. The second kappa shape index (κ2) is 24.8. The number of piperazine rings is 1. The number of fused-ring (bicyclic) bond motifs is 1. The number of likely N-dealkylation sites (tertiary alicyclic amines) is 1. The van der Waals surface area contributed by atoms with E-state index < -0.39 is 64.7 Å². The SMILES string of the molecule is Cc1ncsc1-c1ccc([C@H](C)NC(=O)[C@@H]2C[C@@H](O)CN2C(=O)[C@H](C(C)C)n2cc(OCCCCN3CCN(CC4(COc5nccc(-c6noc([C@@]7(C)CCCc8sc(NC(=O)OC(C)(C)C)c(C#N)c87)n6)n5)CC4)CC3)nn2)c(O)c1F. The van der Waals surface area contributed by atoms with Crippen LogP contribution in [0.2, 0.25) is 0 Å². The number of β-amino-alcohol motifs (C(OH)–C–C–N with tert-alkyl or cyclic N) is 1. The van der Waals surface area contributed by atoms with E-state index in [9.17, 15) is 29.9 Å². The molecule has 3 amide bonds. The number of phenolic OH excluding ortho intramolecular Hbond substituents is 1. The molecule has 1 saturated carbocycles. The van der Waals surface area contributed by atoms with Gasteiger partial charge in [-0.3, -0.25) is 14.9 Å². The van der Waals surface area contributed by atoms with Crippen molar-refractivity contribution in [2.24, 2.45) is 11.3 Å². The van der Waals surface area contributed by atoms with E-state index in [1.54, 1.807) is 70.7 Å². The van der Waals surface area contributed by atoms with Crippen molar-refractivity contribution in [1.29, 1.82) is 5.26 Å². The lowest BCUT2D eigenvalue weighted by atomic mass is 9.72. The molecule has 2 aliphatic carbocycles. The Kier molecular flexibility index (Phi) is 17.7. The smallest absolute Gasteiger partial charge is 0.412 e. The number of carbonyl (C=O) groups is 3. The van der Waals surface area contributed by atoms with E-state index in [2.05, 4.69) is 56.9 Å². The number of phenols is 1. The Morgan fingerprint density at radius 2 is 1.81 bits per heavy atom. The third-order valence-electron chi connectivity index (χ3n) is 16.2. The number of carbonyl (C=O) groups excluding carboxylic acids is 3. The number of ether oxygens (including phenoxy) is 3. The molecule has 4 N–H and O–H groups in total. The third kappa shape index (κ3) is 13.2. The number of aromatic hydroxyl groups is 1. The topological polar surface area (TPSA) is 285 Å². The molecule has 5 aromatic heterocycles. The van der Waals surface area contributed by atoms with Gasteiger partial charge in [-0.25, -0.2) is 23.8 Å². The predicted molar refractivity (Wildman–Crippen MR) is 309 cm³/mol. The van der Waals surface area contributed by atoms with Crippen molar-refractivity contribution in [2.75, 3.05) is 64.3 Å². The minimum absolute atomic E-state index is 0.00725. The number of aromatic nitrogens is 8. The van der Waals surface area contributed by atoms with Crippen molar-refractivity contribution < 1.29 is 47.7 Å². The van der Waals surface area contributed by atoms with Crippen LogP contribution < -0.4 is 20.1 Å². The second-order valence-corrected chi connectivity index (χ2v) is 26.1. The summed E-state index contributed by atoms with van der Waals surface area (Å²) < 4.78 is 40.5. The van der Waals surface area contributed by atoms with Crippen molar-refractivity contribution in [3.63, 3.8) is 0 Å². The van der Waals surface area contributed by atoms with Crippen LogP contribution in [0.5, 0.6) is 17.6 Å². The van der Waals surface area contributed by atoms with Crippen LogP contribution in [0.15, 0.2) is 40.6 Å². The van der Waals surface area contributed by atoms with Crippen molar-refractivity contribution in [3.8, 4) is 45.7 Å². The van der Waals surface area contributed by atoms with Gasteiger partial charge in [-0.15, -0.1) is 22.7 Å². The van der Waals surface area contributed by atoms with E-state index in [1.165, 1.54) is 32.3 Å². The van der Waals surface area contributed by atoms with Crippen LogP contribution in [0.25, 0.3) is 22.0 Å². The van der Waals surface area contributed by atoms with E-state index >= 15 is 4.39 Å². The monoisotopic (exact) mass is 1190 g/mol. The highest BCUT2D eigenvalue weighted by Gasteiger charge is 2.47. The number of aryl methyl sites for hydroxylation is 2. The van der Waals surface area contributed by atoms with Gasteiger partial charge in [0.05, 0.1) is 58.6 Å². The fourth-order valence-electron chi connectivity index (χ4n) is 11.6. The van der Waals surface area contributed by atoms with Crippen molar-refractivity contribution in [3.05, 3.63) is 75.1 Å². The molecular formula is C58H73FN14O9S2. The third-order valence-corrected chi connectivity index (χ3v) is 18.3. The number of aliphatic hydroxyl groups excluding tert-OH is 1. The molecule has 26 heteroatoms. The molecular weight excluding hydrogens is 1120 g/mol. The van der Waals surface area contributed by atoms with Crippen molar-refractivity contribution in [2.45, 2.75) is 142 Å². The van der Waals surface area contributed by atoms with Crippen LogP contribution in [0.1, 0.15) is 139 Å². The lowest BCUT2D eigenvalue weighted by molar-refractivity contribution is -0.142. The number of nitriles is 1. The minimum atomic E-state index is -1.02. The van der Waals surface area contributed by atoms with Crippen LogP contribution in [-0.4, -0.2) is 160 Å². The Balaban J connectivity index is 0.653. The Morgan fingerprint density at radius 1 is 1.04 bits per heavy atom. The van der Waals surface area contributed by atoms with Crippen molar-refractivity contribution >= 4 is 45.6 Å². The first-order valence-electron chi connectivity index (χ1n) is 28.7. The number of hydrogen-bond acceptors (Lipinski definition) is 21. The lowest BCUT2D eigenvalue weighted by Crippen LogP contribution is -2.49. The maximum Gasteiger partial charge on any atom is 0.412 e. The number of nitrogens with one attached hydrogen (secondary N) is 2. The number of thiophene rings is 1. The molecule has 84 heavy (non-hydrogen) atoms. The van der Waals surface area contributed by atoms with Crippen LogP contribution in [0.3, 0.4) is 0 Å². The van der Waals surface area contributed by atoms with E-state index in [1.807, 2.05) is 20.8 Å². The van der Waals surface area contributed by atoms with Gasteiger partial charge in [0.15, 0.2) is 11.6 Å². The number of anilines is 1. The van der Waals surface area contributed by atoms with E-state index in [0.29, 0.717) is 52.4 Å². The van der Waals surface area contributed by atoms with Crippen LogP contribution in [0.4, 0.5) is 14.2 Å². The summed E-state index contributed by atoms with van der Waals surface area (Å²) in [5.41, 5.74) is 2.79. The molecule has 0 spiro atoms. The number of hydrogen-bond donors (Lipinski definition) is 4. The van der Waals surface area contributed by atoms with Gasteiger partial charge < -0.3 is 49.0 Å². The highest BCUT2D eigenvalue weighted by atomic mass is 32.1. The molecule has 23 nitrogen and oxygen atoms in total. The molecule has 0 bridgehead atoms. The van der Waals surface area contributed by atoms with Gasteiger partial charge >= 0.3 is 12.1 Å². The summed E-state index contributed by atoms with van der Waals surface area (Å²) >= 11 is 2.64. The van der Waals surface area contributed by atoms with Gasteiger partial charge in [-0.05, 0) is 111 Å². The first-order chi connectivity index (χ1) is 40.1. The molecule has 5 atom stereocenters. The molecule has 3 fully saturated rings. The number of aliphatic hydroxyl groups is 1. The maximum atomic E-state index is 15.4. The average Bonchev–Trinajstić information content (AvgIpc) is 1.82. The molecule has 0 unspecified atom stereocenters. The van der Waals surface area contributed by atoms with E-state index in [-0.39, 0.29) is 53.1 Å². The van der Waals surface area contributed by atoms with Crippen LogP contribution in [0, 0.1) is 35.4 Å². The molecule has 0 radical (unpaired) electrons. The normalized spacial score (nSPS) is 20.5. The van der Waals surface area contributed by atoms with Gasteiger partial charge in [0.1, 0.15) is 34.4 Å². The summed E-state index contributed by atoms with van der Waals surface area (Å²) in [4.78, 5) is 66.7. The Bertz CT molecular complexity index is 3390. The number of nitrogens with zero attached hydrogens (tertiary/aromatic N) is 12. The summed E-state index contributed by atoms with van der Waals surface area (Å²) in [6.07, 6.45) is 7.72. The average molecular weight is 1190 g/mol. The summed E-state index contributed by atoms with van der Waals surface area (Å²) in [7, 11) is 0. The summed E-state index contributed by atoms with van der Waals surface area (Å²) in [5, 5.41) is 50.7. The predicted octanol–water partition coefficient (Wildman–Crippen LogP) is 7.99. The van der Waals surface area contributed by atoms with E-state index in [4.69, 9.17) is 23.7 Å². The standard InChI is InChI=1S/C58H73FN14O9S2/c1-33(2)46(52(77)72-28-36(74)26-41(72)50(76)63-34(3)37-13-14-38(45(59)47(37)75)48-35(4)62-32-83-48)73-29-43(67-69-73)79-25-10-9-20-70-21-23-71(24-22-70)30-58(17-18-58)31-80-54-61-19-15-40(64-54)49-65-53(82-68-49)57(8)16-11-12-42-44(57)39(27-60)51(84-42)66-55(78)81-56(5,6)7/h13-15,19,29,32-34,36,41,46,74-75H,9-12,16-18,20-26,28,30-31H2,1-8H3,(H,63,76)(H,66,78)/t34-,36+,41-,46-,57-/m0/s1. The van der Waals surface area contributed by atoms with Gasteiger partial charge in [-0.1, -0.05) is 35.4 Å². The molecule has 2 aliphatic heterocycles. The Hall–Kier alpha value is -7.18. The molecule has 2 saturated heterocycles. The summed E-state index contributed by atoms with van der Waals surface area (Å²) in [5.74, 6) is -1.69. The maximum absolute atomic E-state index is 15.4. The zero-order valence-corrected chi connectivity index (χ0v) is 50.3. The zero-order valence-electron chi connectivity index (χ0n) is 48.7. The van der Waals surface area contributed by atoms with Crippen LogP contribution in [-0.2, 0) is 26.2 Å². The second-order valence-electron chi connectivity index (χ2n) is 24.1. The first kappa shape index (κ1) is 60.0. The molecule has 4 aliphatic rings. The van der Waals surface area contributed by atoms with Gasteiger partial charge in [0.2, 0.25) is 23.5 Å². The number of benzene rings is 1. The van der Waals surface area contributed by atoms with E-state index in [0.717, 1.165) is 88.2 Å². The Labute approximate surface area is 494 Å². The molecule has 448 valence electrons. The fraction of sp³-hybridized carbons (Fsp3) is 0.569. The fourth-order valence-corrected chi connectivity index (χ4v) is 13.7. The summed E-state index contributed by atoms with van der Waals surface area (Å²) in [6.45, 7) is 20.9. The number of thiazole rings is 1. The molecule has 6 aromatic rings. The zero-order chi connectivity index (χ0) is 59.7.